The van der Waals surface area contributed by atoms with Crippen LogP contribution >= 0.6 is 0 Å². The van der Waals surface area contributed by atoms with Crippen LogP contribution in [0.25, 0.3) is 16.6 Å². The molecule has 0 atom stereocenters. The van der Waals surface area contributed by atoms with Crippen molar-refractivity contribution in [2.75, 3.05) is 0 Å². The number of amides is 1. The van der Waals surface area contributed by atoms with Crippen LogP contribution in [0.1, 0.15) is 27.3 Å². The van der Waals surface area contributed by atoms with Crippen LogP contribution in [0.3, 0.4) is 0 Å². The van der Waals surface area contributed by atoms with Gasteiger partial charge in [-0.05, 0) is 56.3 Å². The number of halogens is 1. The van der Waals surface area contributed by atoms with Crippen molar-refractivity contribution in [3.63, 3.8) is 0 Å². The first-order chi connectivity index (χ1) is 14.0. The van der Waals surface area contributed by atoms with E-state index in [4.69, 9.17) is 0 Å². The summed E-state index contributed by atoms with van der Waals surface area (Å²) in [6.07, 6.45) is 3.35. The van der Waals surface area contributed by atoms with Crippen LogP contribution in [-0.2, 0) is 0 Å². The fourth-order valence-electron chi connectivity index (χ4n) is 3.38. The molecule has 0 aliphatic rings. The van der Waals surface area contributed by atoms with Gasteiger partial charge in [0.25, 0.3) is 5.91 Å². The highest BCUT2D eigenvalue weighted by Gasteiger charge is 2.12. The van der Waals surface area contributed by atoms with Crippen LogP contribution in [0, 0.1) is 19.7 Å². The molecule has 6 heteroatoms. The second-order valence-electron chi connectivity index (χ2n) is 6.72. The highest BCUT2D eigenvalue weighted by Crippen LogP contribution is 2.23. The quantitative estimate of drug-likeness (QED) is 0.413. The molecule has 29 heavy (non-hydrogen) atoms. The molecule has 0 fully saturated rings. The molecule has 1 N–H and O–H groups in total. The number of hydrogen-bond acceptors (Lipinski definition) is 3. The maximum atomic E-state index is 13.7. The Balaban J connectivity index is 1.59. The van der Waals surface area contributed by atoms with E-state index in [0.29, 0.717) is 0 Å². The van der Waals surface area contributed by atoms with Gasteiger partial charge in [-0.15, -0.1) is 0 Å². The van der Waals surface area contributed by atoms with Crippen molar-refractivity contribution in [2.45, 2.75) is 13.8 Å². The number of nitrogens with one attached hydrogen (secondary N) is 1. The molecule has 0 saturated heterocycles. The molecule has 0 saturated carbocycles. The van der Waals surface area contributed by atoms with Crippen LogP contribution in [-0.4, -0.2) is 21.7 Å². The number of aryl methyl sites for hydroxylation is 1. The minimum Gasteiger partial charge on any atom is -0.318 e. The molecule has 0 bridgehead atoms. The Hall–Kier alpha value is -3.80. The first-order valence-corrected chi connectivity index (χ1v) is 9.16. The average Bonchev–Trinajstić information content (AvgIpc) is 3.01. The zero-order valence-electron chi connectivity index (χ0n) is 16.1. The second-order valence-corrected chi connectivity index (χ2v) is 6.72. The summed E-state index contributed by atoms with van der Waals surface area (Å²) in [5, 5.41) is 5.06. The molecule has 2 aromatic carbocycles. The van der Waals surface area contributed by atoms with Crippen LogP contribution in [0.15, 0.2) is 72.0 Å². The number of hydrogen-bond donors (Lipinski definition) is 1. The van der Waals surface area contributed by atoms with Gasteiger partial charge in [-0.3, -0.25) is 9.78 Å². The van der Waals surface area contributed by atoms with Crippen molar-refractivity contribution in [3.8, 4) is 5.69 Å². The summed E-state index contributed by atoms with van der Waals surface area (Å²) in [6, 6.07) is 17.8. The van der Waals surface area contributed by atoms with Crippen molar-refractivity contribution in [1.82, 2.24) is 15.0 Å². The molecule has 1 amide bonds. The van der Waals surface area contributed by atoms with E-state index in [0.717, 1.165) is 33.5 Å². The summed E-state index contributed by atoms with van der Waals surface area (Å²) in [6.45, 7) is 4.00. The number of aromatic nitrogens is 2. The van der Waals surface area contributed by atoms with Gasteiger partial charge in [-0.2, -0.15) is 5.10 Å². The zero-order valence-corrected chi connectivity index (χ0v) is 16.1. The minimum absolute atomic E-state index is 0.0418. The first kappa shape index (κ1) is 18.6. The van der Waals surface area contributed by atoms with Crippen molar-refractivity contribution in [2.24, 2.45) is 5.10 Å². The van der Waals surface area contributed by atoms with E-state index >= 15 is 0 Å². The first-order valence-electron chi connectivity index (χ1n) is 9.16. The number of benzene rings is 2. The molecule has 4 rings (SSSR count). The van der Waals surface area contributed by atoms with Gasteiger partial charge in [0.2, 0.25) is 0 Å². The molecular weight excluding hydrogens is 367 g/mol. The Bertz CT molecular complexity index is 1240. The van der Waals surface area contributed by atoms with E-state index in [-0.39, 0.29) is 5.56 Å². The van der Waals surface area contributed by atoms with E-state index in [1.165, 1.54) is 18.2 Å². The zero-order chi connectivity index (χ0) is 20.4. The standard InChI is InChI=1S/C23H19FN4O/c1-15-12-18(14-26-27-23(29)20-7-3-4-8-21(20)24)16(2)28(15)19-9-10-22-17(13-19)6-5-11-25-22/h3-14H,1-2H3,(H,27,29)/b26-14-. The molecule has 2 heterocycles. The molecule has 4 aromatic rings. The van der Waals surface area contributed by atoms with Gasteiger partial charge in [-0.1, -0.05) is 18.2 Å². The fraction of sp³-hybridized carbons (Fsp3) is 0.0870. The summed E-state index contributed by atoms with van der Waals surface area (Å²) >= 11 is 0. The molecule has 144 valence electrons. The third-order valence-corrected chi connectivity index (χ3v) is 4.80. The Morgan fingerprint density at radius 3 is 2.76 bits per heavy atom. The summed E-state index contributed by atoms with van der Waals surface area (Å²) in [5.41, 5.74) is 7.18. The molecular formula is C23H19FN4O. The van der Waals surface area contributed by atoms with Crippen molar-refractivity contribution in [1.29, 1.82) is 0 Å². The Morgan fingerprint density at radius 2 is 1.93 bits per heavy atom. The Morgan fingerprint density at radius 1 is 1.10 bits per heavy atom. The van der Waals surface area contributed by atoms with E-state index in [1.54, 1.807) is 18.5 Å². The number of carbonyl (C=O) groups is 1. The molecule has 2 aromatic heterocycles. The summed E-state index contributed by atoms with van der Waals surface area (Å²) in [5.74, 6) is -1.17. The van der Waals surface area contributed by atoms with Gasteiger partial charge in [0.1, 0.15) is 5.82 Å². The lowest BCUT2D eigenvalue weighted by atomic mass is 10.2. The largest absolute Gasteiger partial charge is 0.318 e. The van der Waals surface area contributed by atoms with Crippen molar-refractivity contribution >= 4 is 23.0 Å². The molecule has 5 nitrogen and oxygen atoms in total. The van der Waals surface area contributed by atoms with E-state index in [9.17, 15) is 9.18 Å². The third-order valence-electron chi connectivity index (χ3n) is 4.80. The molecule has 0 radical (unpaired) electrons. The maximum absolute atomic E-state index is 13.7. The number of carbonyl (C=O) groups excluding carboxylic acids is 1. The van der Waals surface area contributed by atoms with Gasteiger partial charge < -0.3 is 4.57 Å². The monoisotopic (exact) mass is 386 g/mol. The van der Waals surface area contributed by atoms with Crippen molar-refractivity contribution in [3.05, 3.63) is 95.2 Å². The summed E-state index contributed by atoms with van der Waals surface area (Å²) < 4.78 is 15.8. The Labute approximate surface area is 167 Å². The number of rotatable bonds is 4. The lowest BCUT2D eigenvalue weighted by molar-refractivity contribution is 0.0951. The minimum atomic E-state index is -0.588. The highest BCUT2D eigenvalue weighted by atomic mass is 19.1. The second kappa shape index (κ2) is 7.67. The SMILES string of the molecule is Cc1cc(/C=N\NC(=O)c2ccccc2F)c(C)n1-c1ccc2ncccc2c1. The van der Waals surface area contributed by atoms with Gasteiger partial charge in [0.15, 0.2) is 0 Å². The van der Waals surface area contributed by atoms with Gasteiger partial charge in [0.05, 0.1) is 17.3 Å². The van der Waals surface area contributed by atoms with Crippen LogP contribution < -0.4 is 5.43 Å². The van der Waals surface area contributed by atoms with Crippen LogP contribution in [0.5, 0.6) is 0 Å². The molecule has 0 unspecified atom stereocenters. The average molecular weight is 386 g/mol. The van der Waals surface area contributed by atoms with Gasteiger partial charge in [0, 0.05) is 34.2 Å². The lowest BCUT2D eigenvalue weighted by Crippen LogP contribution is -2.18. The lowest BCUT2D eigenvalue weighted by Gasteiger charge is -2.10. The number of nitrogens with zero attached hydrogens (tertiary/aromatic N) is 3. The van der Waals surface area contributed by atoms with E-state index in [2.05, 4.69) is 26.1 Å². The van der Waals surface area contributed by atoms with E-state index in [1.807, 2.05) is 44.2 Å². The number of pyridine rings is 1. The topological polar surface area (TPSA) is 59.3 Å². The predicted molar refractivity (Wildman–Crippen MR) is 112 cm³/mol. The number of hydrazone groups is 1. The van der Waals surface area contributed by atoms with Crippen LogP contribution in [0.4, 0.5) is 4.39 Å². The van der Waals surface area contributed by atoms with E-state index < -0.39 is 11.7 Å². The Kier molecular flexibility index (Phi) is 4.91. The highest BCUT2D eigenvalue weighted by molar-refractivity contribution is 5.95. The predicted octanol–water partition coefficient (Wildman–Crippen LogP) is 4.55. The molecule has 0 spiro atoms. The molecule has 0 aliphatic carbocycles. The third kappa shape index (κ3) is 3.65. The maximum Gasteiger partial charge on any atom is 0.274 e. The smallest absolute Gasteiger partial charge is 0.274 e. The van der Waals surface area contributed by atoms with Gasteiger partial charge >= 0.3 is 0 Å². The summed E-state index contributed by atoms with van der Waals surface area (Å²) in [7, 11) is 0. The van der Waals surface area contributed by atoms with Crippen LogP contribution in [0.2, 0.25) is 0 Å². The summed E-state index contributed by atoms with van der Waals surface area (Å²) in [4.78, 5) is 16.4. The van der Waals surface area contributed by atoms with Gasteiger partial charge in [-0.25, -0.2) is 9.82 Å². The normalized spacial score (nSPS) is 11.3. The fourth-order valence-corrected chi connectivity index (χ4v) is 3.38. The van der Waals surface area contributed by atoms with Crippen molar-refractivity contribution < 1.29 is 9.18 Å². The molecule has 0 aliphatic heterocycles. The number of fused-ring (bicyclic) bond motifs is 1.